The van der Waals surface area contributed by atoms with Gasteiger partial charge in [0.1, 0.15) is 11.5 Å². The minimum atomic E-state index is -0.257. The van der Waals surface area contributed by atoms with Crippen LogP contribution >= 0.6 is 0 Å². The van der Waals surface area contributed by atoms with Crippen LogP contribution in [0, 0.1) is 12.7 Å². The van der Waals surface area contributed by atoms with E-state index in [0.29, 0.717) is 0 Å². The van der Waals surface area contributed by atoms with E-state index in [1.165, 1.54) is 12.1 Å². The van der Waals surface area contributed by atoms with Gasteiger partial charge in [0, 0.05) is 34.3 Å². The number of rotatable bonds is 3. The number of nitrogens with zero attached hydrogens (tertiary/aromatic N) is 3. The molecule has 0 atom stereocenters. The first kappa shape index (κ1) is 17.6. The van der Waals surface area contributed by atoms with Gasteiger partial charge in [-0.25, -0.2) is 4.39 Å². The predicted molar refractivity (Wildman–Crippen MR) is 119 cm³/mol. The number of pyridine rings is 1. The number of halogens is 1. The van der Waals surface area contributed by atoms with Crippen molar-refractivity contribution in [2.75, 3.05) is 0 Å². The molecule has 4 heterocycles. The maximum Gasteiger partial charge on any atom is 0.124 e. The molecule has 0 fully saturated rings. The highest BCUT2D eigenvalue weighted by Crippen LogP contribution is 2.35. The summed E-state index contributed by atoms with van der Waals surface area (Å²) in [4.78, 5) is 7.79. The molecule has 0 aliphatic carbocycles. The van der Waals surface area contributed by atoms with Crippen LogP contribution in [-0.4, -0.2) is 30.4 Å². The second-order valence-corrected chi connectivity index (χ2v) is 7.67. The average molecular weight is 408 g/mol. The summed E-state index contributed by atoms with van der Waals surface area (Å²) >= 11 is 0. The van der Waals surface area contributed by atoms with Gasteiger partial charge in [-0.15, -0.1) is 0 Å². The second kappa shape index (κ2) is 6.63. The Labute approximate surface area is 176 Å². The molecule has 0 radical (unpaired) electrons. The summed E-state index contributed by atoms with van der Waals surface area (Å²) < 4.78 is 14.0. The predicted octanol–water partition coefficient (Wildman–Crippen LogP) is 5.61. The third-order valence-corrected chi connectivity index (χ3v) is 5.55. The fourth-order valence-electron chi connectivity index (χ4n) is 4.11. The number of aromatic nitrogens is 6. The highest BCUT2D eigenvalue weighted by molar-refractivity contribution is 6.01. The van der Waals surface area contributed by atoms with Crippen LogP contribution in [0.25, 0.3) is 55.4 Å². The SMILES string of the molecule is Cc1cc(F)cc(-c2cncc3[nH]c(-c4n[nH]c5ccc(-c6cn[nH]c6)cc45)cc23)c1. The van der Waals surface area contributed by atoms with Gasteiger partial charge in [0.05, 0.1) is 29.1 Å². The molecule has 0 unspecified atom stereocenters. The first-order chi connectivity index (χ1) is 15.2. The van der Waals surface area contributed by atoms with Crippen LogP contribution in [0.15, 0.2) is 67.3 Å². The molecule has 6 rings (SSSR count). The van der Waals surface area contributed by atoms with Gasteiger partial charge in [0.25, 0.3) is 0 Å². The fraction of sp³-hybridized carbons (Fsp3) is 0.0417. The molecule has 0 bridgehead atoms. The lowest BCUT2D eigenvalue weighted by atomic mass is 10.0. The van der Waals surface area contributed by atoms with Crippen molar-refractivity contribution in [2.45, 2.75) is 6.92 Å². The number of aromatic amines is 3. The third-order valence-electron chi connectivity index (χ3n) is 5.55. The molecule has 0 aliphatic rings. The molecule has 0 saturated heterocycles. The van der Waals surface area contributed by atoms with Crippen LogP contribution in [0.5, 0.6) is 0 Å². The van der Waals surface area contributed by atoms with Crippen LogP contribution < -0.4 is 0 Å². The zero-order chi connectivity index (χ0) is 20.9. The van der Waals surface area contributed by atoms with Crippen LogP contribution in [0.1, 0.15) is 5.56 Å². The standard InChI is InChI=1S/C24H17FN6/c1-13-4-15(6-17(25)5-13)20-11-26-12-23-18(20)8-22(29-23)24-19-7-14(16-9-27-28-10-16)2-3-21(19)30-31-24/h2-12,29H,1H3,(H,27,28)(H,30,31). The van der Waals surface area contributed by atoms with Crippen molar-refractivity contribution >= 4 is 21.8 Å². The van der Waals surface area contributed by atoms with E-state index in [4.69, 9.17) is 0 Å². The van der Waals surface area contributed by atoms with Gasteiger partial charge in [0.2, 0.25) is 0 Å². The number of fused-ring (bicyclic) bond motifs is 2. The van der Waals surface area contributed by atoms with Crippen molar-refractivity contribution in [3.8, 4) is 33.6 Å². The smallest absolute Gasteiger partial charge is 0.124 e. The van der Waals surface area contributed by atoms with Crippen LogP contribution in [-0.2, 0) is 0 Å². The highest BCUT2D eigenvalue weighted by atomic mass is 19.1. The molecule has 0 spiro atoms. The first-order valence-electron chi connectivity index (χ1n) is 9.88. The van der Waals surface area contributed by atoms with Gasteiger partial charge >= 0.3 is 0 Å². The summed E-state index contributed by atoms with van der Waals surface area (Å²) in [6, 6.07) is 13.2. The fourth-order valence-corrected chi connectivity index (χ4v) is 4.11. The van der Waals surface area contributed by atoms with Crippen molar-refractivity contribution in [2.24, 2.45) is 0 Å². The Morgan fingerprint density at radius 3 is 2.61 bits per heavy atom. The van der Waals surface area contributed by atoms with E-state index in [-0.39, 0.29) is 5.82 Å². The van der Waals surface area contributed by atoms with Crippen LogP contribution in [0.4, 0.5) is 4.39 Å². The highest BCUT2D eigenvalue weighted by Gasteiger charge is 2.15. The Kier molecular flexibility index (Phi) is 3.76. The van der Waals surface area contributed by atoms with E-state index < -0.39 is 0 Å². The molecular formula is C24H17FN6. The summed E-state index contributed by atoms with van der Waals surface area (Å²) in [5, 5.41) is 16.5. The molecule has 4 aromatic heterocycles. The minimum Gasteiger partial charge on any atom is -0.352 e. The zero-order valence-electron chi connectivity index (χ0n) is 16.6. The molecule has 6 aromatic rings. The molecular weight excluding hydrogens is 391 g/mol. The largest absolute Gasteiger partial charge is 0.352 e. The lowest BCUT2D eigenvalue weighted by Crippen LogP contribution is -1.85. The Balaban J connectivity index is 1.53. The Morgan fingerprint density at radius 1 is 0.839 bits per heavy atom. The van der Waals surface area contributed by atoms with Crippen molar-refractivity contribution < 1.29 is 4.39 Å². The quantitative estimate of drug-likeness (QED) is 0.356. The molecule has 3 N–H and O–H groups in total. The number of aryl methyl sites for hydroxylation is 1. The molecule has 0 aliphatic heterocycles. The first-order valence-corrected chi connectivity index (χ1v) is 9.88. The number of hydrogen-bond donors (Lipinski definition) is 3. The van der Waals surface area contributed by atoms with Crippen molar-refractivity contribution in [1.82, 2.24) is 30.4 Å². The van der Waals surface area contributed by atoms with E-state index in [0.717, 1.165) is 61.0 Å². The topological polar surface area (TPSA) is 86.0 Å². The molecule has 6 nitrogen and oxygen atoms in total. The van der Waals surface area contributed by atoms with Crippen LogP contribution in [0.3, 0.4) is 0 Å². The average Bonchev–Trinajstić information content (AvgIpc) is 3.50. The van der Waals surface area contributed by atoms with Gasteiger partial charge < -0.3 is 4.98 Å². The maximum atomic E-state index is 14.0. The molecule has 150 valence electrons. The Bertz CT molecular complexity index is 1540. The van der Waals surface area contributed by atoms with Gasteiger partial charge in [-0.1, -0.05) is 12.1 Å². The normalized spacial score (nSPS) is 11.5. The number of hydrogen-bond acceptors (Lipinski definition) is 3. The van der Waals surface area contributed by atoms with Crippen molar-refractivity contribution in [1.29, 1.82) is 0 Å². The summed E-state index contributed by atoms with van der Waals surface area (Å²) in [5.74, 6) is -0.257. The van der Waals surface area contributed by atoms with Gasteiger partial charge in [0.15, 0.2) is 0 Å². The zero-order valence-corrected chi connectivity index (χ0v) is 16.6. The molecule has 2 aromatic carbocycles. The van der Waals surface area contributed by atoms with Crippen molar-refractivity contribution in [3.05, 3.63) is 78.6 Å². The summed E-state index contributed by atoms with van der Waals surface area (Å²) in [6.45, 7) is 1.89. The summed E-state index contributed by atoms with van der Waals surface area (Å²) in [6.07, 6.45) is 7.21. The molecule has 7 heteroatoms. The van der Waals surface area contributed by atoms with E-state index in [9.17, 15) is 4.39 Å². The second-order valence-electron chi connectivity index (χ2n) is 7.67. The number of H-pyrrole nitrogens is 3. The van der Waals surface area contributed by atoms with Gasteiger partial charge in [-0.3, -0.25) is 15.2 Å². The lowest BCUT2D eigenvalue weighted by molar-refractivity contribution is 0.627. The monoisotopic (exact) mass is 408 g/mol. The van der Waals surface area contributed by atoms with E-state index >= 15 is 0 Å². The molecule has 0 saturated carbocycles. The van der Waals surface area contributed by atoms with Gasteiger partial charge in [-0.05, 0) is 53.9 Å². The van der Waals surface area contributed by atoms with Gasteiger partial charge in [-0.2, -0.15) is 10.2 Å². The summed E-state index contributed by atoms with van der Waals surface area (Å²) in [7, 11) is 0. The Morgan fingerprint density at radius 2 is 1.77 bits per heavy atom. The van der Waals surface area contributed by atoms with E-state index in [1.807, 2.05) is 37.4 Å². The van der Waals surface area contributed by atoms with E-state index in [2.05, 4.69) is 36.4 Å². The molecule has 31 heavy (non-hydrogen) atoms. The molecule has 0 amide bonds. The third kappa shape index (κ3) is 2.90. The lowest BCUT2D eigenvalue weighted by Gasteiger charge is -2.05. The number of nitrogens with one attached hydrogen (secondary N) is 3. The minimum absolute atomic E-state index is 0.257. The van der Waals surface area contributed by atoms with Crippen molar-refractivity contribution in [3.63, 3.8) is 0 Å². The van der Waals surface area contributed by atoms with Crippen LogP contribution in [0.2, 0.25) is 0 Å². The van der Waals surface area contributed by atoms with E-state index in [1.54, 1.807) is 18.6 Å². The maximum absolute atomic E-state index is 14.0. The number of benzene rings is 2. The Hall–Kier alpha value is -4.26. The summed E-state index contributed by atoms with van der Waals surface area (Å²) in [5.41, 5.74) is 8.11.